The van der Waals surface area contributed by atoms with E-state index in [1.54, 1.807) is 24.3 Å². The predicted molar refractivity (Wildman–Crippen MR) is 79.5 cm³/mol. The second kappa shape index (κ2) is 6.76. The van der Waals surface area contributed by atoms with Crippen molar-refractivity contribution < 1.29 is 19.4 Å². The number of nitrogen functional groups attached to an aromatic ring is 1. The second-order valence-corrected chi connectivity index (χ2v) is 4.39. The highest BCUT2D eigenvalue weighted by Crippen LogP contribution is 2.32. The first kappa shape index (κ1) is 14.9. The van der Waals surface area contributed by atoms with Crippen LogP contribution in [-0.2, 0) is 11.2 Å². The molecule has 110 valence electrons. The number of aliphatic hydroxyl groups is 1. The van der Waals surface area contributed by atoms with Crippen LogP contribution >= 0.6 is 0 Å². The van der Waals surface area contributed by atoms with Gasteiger partial charge in [-0.1, -0.05) is 24.3 Å². The van der Waals surface area contributed by atoms with Gasteiger partial charge in [0.1, 0.15) is 5.75 Å². The Morgan fingerprint density at radius 2 is 1.86 bits per heavy atom. The van der Waals surface area contributed by atoms with Gasteiger partial charge in [0.25, 0.3) is 0 Å². The summed E-state index contributed by atoms with van der Waals surface area (Å²) in [5.74, 6) is 0.463. The van der Waals surface area contributed by atoms with Crippen molar-refractivity contribution in [3.8, 4) is 11.5 Å². The fraction of sp³-hybridized carbons (Fsp3) is 0.188. The molecule has 0 atom stereocenters. The molecule has 0 fully saturated rings. The normalized spacial score (nSPS) is 10.2. The number of benzene rings is 2. The van der Waals surface area contributed by atoms with Crippen molar-refractivity contribution in [2.24, 2.45) is 0 Å². The first-order valence-electron chi connectivity index (χ1n) is 6.50. The number of aliphatic hydroxyl groups excluding tert-OH is 1. The summed E-state index contributed by atoms with van der Waals surface area (Å²) in [5.41, 5.74) is 7.30. The van der Waals surface area contributed by atoms with Gasteiger partial charge in [0, 0.05) is 6.61 Å². The van der Waals surface area contributed by atoms with Crippen LogP contribution in [0.2, 0.25) is 0 Å². The molecule has 0 aromatic heterocycles. The number of ether oxygens (including phenoxy) is 2. The maximum absolute atomic E-state index is 11.6. The highest BCUT2D eigenvalue weighted by Gasteiger charge is 2.14. The van der Waals surface area contributed by atoms with E-state index in [9.17, 15) is 4.79 Å². The lowest BCUT2D eigenvalue weighted by molar-refractivity contribution is 0.0601. The Labute approximate surface area is 122 Å². The Hall–Kier alpha value is -2.53. The fourth-order valence-electron chi connectivity index (χ4n) is 1.97. The molecule has 0 bridgehead atoms. The van der Waals surface area contributed by atoms with Crippen LogP contribution in [0.25, 0.3) is 0 Å². The van der Waals surface area contributed by atoms with Gasteiger partial charge in [-0.25, -0.2) is 4.79 Å². The molecule has 2 aromatic rings. The zero-order valence-corrected chi connectivity index (χ0v) is 11.7. The van der Waals surface area contributed by atoms with Crippen molar-refractivity contribution in [3.63, 3.8) is 0 Å². The summed E-state index contributed by atoms with van der Waals surface area (Å²) >= 11 is 0. The summed E-state index contributed by atoms with van der Waals surface area (Å²) in [5, 5.41) is 9.07. The fourth-order valence-corrected chi connectivity index (χ4v) is 1.97. The van der Waals surface area contributed by atoms with Crippen LogP contribution in [0.4, 0.5) is 5.69 Å². The molecule has 0 aliphatic carbocycles. The lowest BCUT2D eigenvalue weighted by atomic mass is 10.1. The van der Waals surface area contributed by atoms with Crippen LogP contribution in [0.3, 0.4) is 0 Å². The minimum atomic E-state index is -0.512. The van der Waals surface area contributed by atoms with Gasteiger partial charge in [0.15, 0.2) is 5.75 Å². The molecule has 0 aliphatic heterocycles. The number of esters is 1. The maximum atomic E-state index is 11.6. The summed E-state index contributed by atoms with van der Waals surface area (Å²) in [6.07, 6.45) is 0.479. The van der Waals surface area contributed by atoms with E-state index in [4.69, 9.17) is 15.6 Å². The lowest BCUT2D eigenvalue weighted by Crippen LogP contribution is -2.06. The van der Waals surface area contributed by atoms with Crippen LogP contribution < -0.4 is 10.5 Å². The average molecular weight is 287 g/mol. The molecule has 0 aliphatic rings. The summed E-state index contributed by atoms with van der Waals surface area (Å²) in [7, 11) is 1.30. The van der Waals surface area contributed by atoms with E-state index in [0.29, 0.717) is 17.9 Å². The Morgan fingerprint density at radius 3 is 2.57 bits per heavy atom. The van der Waals surface area contributed by atoms with E-state index in [2.05, 4.69) is 4.74 Å². The molecular formula is C16H17NO4. The van der Waals surface area contributed by atoms with Gasteiger partial charge in [-0.3, -0.25) is 0 Å². The third-order valence-corrected chi connectivity index (χ3v) is 3.05. The molecule has 5 heteroatoms. The van der Waals surface area contributed by atoms with Gasteiger partial charge in [-0.05, 0) is 30.2 Å². The van der Waals surface area contributed by atoms with Gasteiger partial charge in [-0.2, -0.15) is 0 Å². The standard InChI is InChI=1S/C16H17NO4/c1-20-16(19)12-6-4-8-14(15(12)17)21-13-7-3-2-5-11(13)9-10-18/h2-8,18H,9-10,17H2,1H3. The average Bonchev–Trinajstić information content (AvgIpc) is 2.51. The second-order valence-electron chi connectivity index (χ2n) is 4.39. The number of nitrogens with two attached hydrogens (primary N) is 1. The summed E-state index contributed by atoms with van der Waals surface area (Å²) in [6, 6.07) is 12.3. The number of hydrogen-bond donors (Lipinski definition) is 2. The first-order chi connectivity index (χ1) is 10.2. The minimum absolute atomic E-state index is 0.0258. The van der Waals surface area contributed by atoms with Crippen molar-refractivity contribution in [2.75, 3.05) is 19.5 Å². The molecule has 2 aromatic carbocycles. The molecule has 0 amide bonds. The van der Waals surface area contributed by atoms with Crippen LogP contribution in [-0.4, -0.2) is 24.8 Å². The molecule has 0 spiro atoms. The zero-order valence-electron chi connectivity index (χ0n) is 11.7. The lowest BCUT2D eigenvalue weighted by Gasteiger charge is -2.13. The third kappa shape index (κ3) is 3.32. The SMILES string of the molecule is COC(=O)c1cccc(Oc2ccccc2CCO)c1N. The molecule has 3 N–H and O–H groups in total. The zero-order chi connectivity index (χ0) is 15.2. The number of methoxy groups -OCH3 is 1. The molecule has 2 rings (SSSR count). The van der Waals surface area contributed by atoms with Crippen LogP contribution in [0, 0.1) is 0 Å². The van der Waals surface area contributed by atoms with Crippen molar-refractivity contribution in [2.45, 2.75) is 6.42 Å². The molecule has 0 saturated carbocycles. The number of carbonyl (C=O) groups is 1. The Kier molecular flexibility index (Phi) is 4.79. The summed E-state index contributed by atoms with van der Waals surface area (Å²) < 4.78 is 10.5. The summed E-state index contributed by atoms with van der Waals surface area (Å²) in [6.45, 7) is 0.0258. The van der Waals surface area contributed by atoms with Crippen molar-refractivity contribution >= 4 is 11.7 Å². The minimum Gasteiger partial charge on any atom is -0.465 e. The van der Waals surface area contributed by atoms with Crippen LogP contribution in [0.1, 0.15) is 15.9 Å². The summed E-state index contributed by atoms with van der Waals surface area (Å²) in [4.78, 5) is 11.6. The van der Waals surface area contributed by atoms with Crippen molar-refractivity contribution in [1.82, 2.24) is 0 Å². The van der Waals surface area contributed by atoms with E-state index in [0.717, 1.165) is 5.56 Å². The van der Waals surface area contributed by atoms with Gasteiger partial charge in [0.2, 0.25) is 0 Å². The highest BCUT2D eigenvalue weighted by atomic mass is 16.5. The number of hydrogen-bond acceptors (Lipinski definition) is 5. The van der Waals surface area contributed by atoms with E-state index in [1.807, 2.05) is 18.2 Å². The highest BCUT2D eigenvalue weighted by molar-refractivity contribution is 5.96. The van der Waals surface area contributed by atoms with Gasteiger partial charge in [-0.15, -0.1) is 0 Å². The molecule has 0 saturated heterocycles. The third-order valence-electron chi connectivity index (χ3n) is 3.05. The van der Waals surface area contributed by atoms with Crippen molar-refractivity contribution in [1.29, 1.82) is 0 Å². The quantitative estimate of drug-likeness (QED) is 0.652. The van der Waals surface area contributed by atoms with Gasteiger partial charge >= 0.3 is 5.97 Å². The molecule has 5 nitrogen and oxygen atoms in total. The smallest absolute Gasteiger partial charge is 0.340 e. The van der Waals surface area contributed by atoms with Crippen LogP contribution in [0.15, 0.2) is 42.5 Å². The number of anilines is 1. The Morgan fingerprint density at radius 1 is 1.14 bits per heavy atom. The Bertz CT molecular complexity index is 640. The topological polar surface area (TPSA) is 81.8 Å². The Balaban J connectivity index is 2.34. The molecule has 0 unspecified atom stereocenters. The van der Waals surface area contributed by atoms with Gasteiger partial charge < -0.3 is 20.3 Å². The van der Waals surface area contributed by atoms with Crippen LogP contribution in [0.5, 0.6) is 11.5 Å². The maximum Gasteiger partial charge on any atom is 0.340 e. The monoisotopic (exact) mass is 287 g/mol. The molecule has 21 heavy (non-hydrogen) atoms. The van der Waals surface area contributed by atoms with E-state index >= 15 is 0 Å². The number of para-hydroxylation sites is 2. The number of carbonyl (C=O) groups excluding carboxylic acids is 1. The van der Waals surface area contributed by atoms with E-state index in [-0.39, 0.29) is 17.9 Å². The molecular weight excluding hydrogens is 270 g/mol. The van der Waals surface area contributed by atoms with E-state index < -0.39 is 5.97 Å². The molecule has 0 radical (unpaired) electrons. The van der Waals surface area contributed by atoms with E-state index in [1.165, 1.54) is 7.11 Å². The largest absolute Gasteiger partial charge is 0.465 e. The molecule has 0 heterocycles. The van der Waals surface area contributed by atoms with Gasteiger partial charge in [0.05, 0.1) is 18.4 Å². The number of rotatable bonds is 5. The predicted octanol–water partition coefficient (Wildman–Crippen LogP) is 2.38. The first-order valence-corrected chi connectivity index (χ1v) is 6.50. The van der Waals surface area contributed by atoms with Crippen molar-refractivity contribution in [3.05, 3.63) is 53.6 Å².